The first-order chi connectivity index (χ1) is 8.13. The van der Waals surface area contributed by atoms with Gasteiger partial charge in [-0.3, -0.25) is 4.90 Å². The molecule has 0 spiro atoms. The van der Waals surface area contributed by atoms with Crippen LogP contribution in [0.1, 0.15) is 66.2 Å². The number of hydrogen-bond donors (Lipinski definition) is 1. The molecule has 4 atom stereocenters. The number of aliphatic hydroxyl groups is 1. The molecule has 17 heavy (non-hydrogen) atoms. The summed E-state index contributed by atoms with van der Waals surface area (Å²) in [5.41, 5.74) is 0. The van der Waals surface area contributed by atoms with Crippen LogP contribution in [-0.2, 0) is 0 Å². The van der Waals surface area contributed by atoms with Gasteiger partial charge in [0.2, 0.25) is 0 Å². The van der Waals surface area contributed by atoms with Crippen molar-refractivity contribution in [2.24, 2.45) is 5.92 Å². The highest BCUT2D eigenvalue weighted by Gasteiger charge is 2.33. The van der Waals surface area contributed by atoms with Gasteiger partial charge in [-0.1, -0.05) is 33.6 Å². The quantitative estimate of drug-likeness (QED) is 0.770. The van der Waals surface area contributed by atoms with Gasteiger partial charge in [-0.15, -0.1) is 0 Å². The third-order valence-corrected chi connectivity index (χ3v) is 4.53. The Kier molecular flexibility index (Phi) is 6.50. The highest BCUT2D eigenvalue weighted by Crippen LogP contribution is 2.32. The van der Waals surface area contributed by atoms with Crippen LogP contribution in [0.5, 0.6) is 0 Å². The fourth-order valence-electron chi connectivity index (χ4n) is 3.35. The molecular weight excluding hydrogens is 210 g/mol. The third-order valence-electron chi connectivity index (χ3n) is 4.53. The number of hydrogen-bond acceptors (Lipinski definition) is 2. The minimum Gasteiger partial charge on any atom is -0.391 e. The Labute approximate surface area is 107 Å². The van der Waals surface area contributed by atoms with Crippen molar-refractivity contribution in [1.29, 1.82) is 0 Å². The van der Waals surface area contributed by atoms with E-state index in [0.29, 0.717) is 12.1 Å². The highest BCUT2D eigenvalue weighted by atomic mass is 16.3. The summed E-state index contributed by atoms with van der Waals surface area (Å²) in [5.74, 6) is 0.839. The maximum absolute atomic E-state index is 10.3. The van der Waals surface area contributed by atoms with E-state index in [1.54, 1.807) is 0 Å². The molecule has 0 saturated heterocycles. The lowest BCUT2D eigenvalue weighted by Gasteiger charge is -2.43. The SMILES string of the molecule is CCCC1CCC(O)C(N(CC)C(C)CC)C1. The zero-order valence-electron chi connectivity index (χ0n) is 12.2. The van der Waals surface area contributed by atoms with Gasteiger partial charge in [0.1, 0.15) is 0 Å². The van der Waals surface area contributed by atoms with Crippen molar-refractivity contribution in [3.05, 3.63) is 0 Å². The number of rotatable bonds is 6. The van der Waals surface area contributed by atoms with Crippen LogP contribution in [0, 0.1) is 5.92 Å². The topological polar surface area (TPSA) is 23.5 Å². The van der Waals surface area contributed by atoms with Gasteiger partial charge in [0.05, 0.1) is 6.10 Å². The van der Waals surface area contributed by atoms with Gasteiger partial charge >= 0.3 is 0 Å². The molecule has 2 nitrogen and oxygen atoms in total. The Morgan fingerprint density at radius 1 is 1.24 bits per heavy atom. The smallest absolute Gasteiger partial charge is 0.0695 e. The Morgan fingerprint density at radius 3 is 2.47 bits per heavy atom. The first-order valence-corrected chi connectivity index (χ1v) is 7.57. The van der Waals surface area contributed by atoms with Crippen LogP contribution < -0.4 is 0 Å². The van der Waals surface area contributed by atoms with Gasteiger partial charge in [-0.2, -0.15) is 0 Å². The summed E-state index contributed by atoms with van der Waals surface area (Å²) in [4.78, 5) is 2.52. The molecular formula is C15H31NO. The lowest BCUT2D eigenvalue weighted by molar-refractivity contribution is -0.0130. The Hall–Kier alpha value is -0.0800. The summed E-state index contributed by atoms with van der Waals surface area (Å²) in [6.45, 7) is 10.1. The average Bonchev–Trinajstić information content (AvgIpc) is 2.34. The summed E-state index contributed by atoms with van der Waals surface area (Å²) >= 11 is 0. The second kappa shape index (κ2) is 7.38. The largest absolute Gasteiger partial charge is 0.391 e. The fourth-order valence-corrected chi connectivity index (χ4v) is 3.35. The number of aliphatic hydroxyl groups excluding tert-OH is 1. The second-order valence-electron chi connectivity index (χ2n) is 5.69. The molecule has 0 amide bonds. The molecule has 1 aliphatic carbocycles. The van der Waals surface area contributed by atoms with Crippen LogP contribution in [0.4, 0.5) is 0 Å². The summed E-state index contributed by atoms with van der Waals surface area (Å²) in [6.07, 6.45) is 7.12. The van der Waals surface area contributed by atoms with Crippen LogP contribution in [0.25, 0.3) is 0 Å². The van der Waals surface area contributed by atoms with E-state index >= 15 is 0 Å². The normalized spacial score (nSPS) is 31.8. The zero-order valence-corrected chi connectivity index (χ0v) is 12.2. The van der Waals surface area contributed by atoms with E-state index in [2.05, 4.69) is 32.6 Å². The molecule has 0 bridgehead atoms. The van der Waals surface area contributed by atoms with E-state index in [1.165, 1.54) is 32.1 Å². The van der Waals surface area contributed by atoms with Crippen LogP contribution in [-0.4, -0.2) is 34.7 Å². The molecule has 0 aromatic carbocycles. The predicted molar refractivity (Wildman–Crippen MR) is 74.2 cm³/mol. The van der Waals surface area contributed by atoms with E-state index in [1.807, 2.05) is 0 Å². The standard InChI is InChI=1S/C15H31NO/c1-5-8-13-9-10-15(17)14(11-13)16(7-3)12(4)6-2/h12-15,17H,5-11H2,1-4H3. The molecule has 0 heterocycles. The van der Waals surface area contributed by atoms with Crippen molar-refractivity contribution >= 4 is 0 Å². The maximum Gasteiger partial charge on any atom is 0.0695 e. The van der Waals surface area contributed by atoms with Crippen molar-refractivity contribution in [3.8, 4) is 0 Å². The van der Waals surface area contributed by atoms with E-state index in [0.717, 1.165) is 18.9 Å². The second-order valence-corrected chi connectivity index (χ2v) is 5.69. The molecule has 1 rings (SSSR count). The third kappa shape index (κ3) is 3.96. The predicted octanol–water partition coefficient (Wildman–Crippen LogP) is 3.44. The van der Waals surface area contributed by atoms with Crippen molar-refractivity contribution in [2.45, 2.75) is 84.4 Å². The summed E-state index contributed by atoms with van der Waals surface area (Å²) in [6, 6.07) is 1.00. The van der Waals surface area contributed by atoms with Crippen molar-refractivity contribution in [1.82, 2.24) is 4.90 Å². The Bertz CT molecular complexity index is 207. The average molecular weight is 241 g/mol. The van der Waals surface area contributed by atoms with Crippen LogP contribution in [0.15, 0.2) is 0 Å². The molecule has 1 saturated carbocycles. The molecule has 4 unspecified atom stereocenters. The summed E-state index contributed by atoms with van der Waals surface area (Å²) in [7, 11) is 0. The fraction of sp³-hybridized carbons (Fsp3) is 1.00. The van der Waals surface area contributed by atoms with E-state index < -0.39 is 0 Å². The van der Waals surface area contributed by atoms with Gasteiger partial charge in [-0.25, -0.2) is 0 Å². The van der Waals surface area contributed by atoms with Gasteiger partial charge < -0.3 is 5.11 Å². The van der Waals surface area contributed by atoms with E-state index in [4.69, 9.17) is 0 Å². The van der Waals surface area contributed by atoms with Crippen molar-refractivity contribution in [3.63, 3.8) is 0 Å². The minimum absolute atomic E-state index is 0.0999. The highest BCUT2D eigenvalue weighted by molar-refractivity contribution is 4.88. The van der Waals surface area contributed by atoms with Crippen LogP contribution >= 0.6 is 0 Å². The van der Waals surface area contributed by atoms with Crippen molar-refractivity contribution < 1.29 is 5.11 Å². The monoisotopic (exact) mass is 241 g/mol. The molecule has 0 aliphatic heterocycles. The lowest BCUT2D eigenvalue weighted by Crippen LogP contribution is -2.50. The summed E-state index contributed by atoms with van der Waals surface area (Å²) in [5, 5.41) is 10.3. The zero-order chi connectivity index (χ0) is 12.8. The maximum atomic E-state index is 10.3. The van der Waals surface area contributed by atoms with Gasteiger partial charge in [0, 0.05) is 12.1 Å². The molecule has 102 valence electrons. The number of likely N-dealkylation sites (N-methyl/N-ethyl adjacent to an activating group) is 1. The first-order valence-electron chi connectivity index (χ1n) is 7.57. The minimum atomic E-state index is -0.0999. The van der Waals surface area contributed by atoms with Crippen LogP contribution in [0.3, 0.4) is 0 Å². The Balaban J connectivity index is 2.63. The van der Waals surface area contributed by atoms with E-state index in [-0.39, 0.29) is 6.10 Å². The molecule has 2 heteroatoms. The molecule has 0 aromatic rings. The van der Waals surface area contributed by atoms with Crippen LogP contribution in [0.2, 0.25) is 0 Å². The van der Waals surface area contributed by atoms with Crippen molar-refractivity contribution in [2.75, 3.05) is 6.54 Å². The van der Waals surface area contributed by atoms with Gasteiger partial charge in [0.25, 0.3) is 0 Å². The molecule has 0 radical (unpaired) electrons. The van der Waals surface area contributed by atoms with Gasteiger partial charge in [0.15, 0.2) is 0 Å². The Morgan fingerprint density at radius 2 is 1.94 bits per heavy atom. The van der Waals surface area contributed by atoms with Gasteiger partial charge in [-0.05, 0) is 45.1 Å². The summed E-state index contributed by atoms with van der Waals surface area (Å²) < 4.78 is 0. The molecule has 1 fully saturated rings. The number of nitrogens with zero attached hydrogens (tertiary/aromatic N) is 1. The van der Waals surface area contributed by atoms with E-state index in [9.17, 15) is 5.11 Å². The molecule has 0 aromatic heterocycles. The first kappa shape index (κ1) is 15.0. The molecule has 1 aliphatic rings. The lowest BCUT2D eigenvalue weighted by atomic mass is 9.80. The molecule has 1 N–H and O–H groups in total.